The van der Waals surface area contributed by atoms with Gasteiger partial charge in [-0.3, -0.25) is 4.98 Å². The van der Waals surface area contributed by atoms with E-state index in [-0.39, 0.29) is 6.10 Å². The van der Waals surface area contributed by atoms with Crippen LogP contribution in [-0.2, 0) is 4.74 Å². The normalized spacial score (nSPS) is 24.7. The molecule has 1 aliphatic heterocycles. The van der Waals surface area contributed by atoms with Gasteiger partial charge in [0.05, 0.1) is 42.9 Å². The van der Waals surface area contributed by atoms with Crippen molar-refractivity contribution in [2.75, 3.05) is 31.2 Å². The lowest BCUT2D eigenvalue weighted by molar-refractivity contribution is 0.0397. The second kappa shape index (κ2) is 9.28. The van der Waals surface area contributed by atoms with E-state index >= 15 is 0 Å². The molecule has 0 bridgehead atoms. The Kier molecular flexibility index (Phi) is 6.31. The fourth-order valence-corrected chi connectivity index (χ4v) is 4.26. The zero-order valence-electron chi connectivity index (χ0n) is 17.1. The Morgan fingerprint density at radius 1 is 1.21 bits per heavy atom. The molecule has 1 saturated carbocycles. The SMILES string of the molecule is C[C@H]1CC[C@H](COc2cncc(N3CCOC(c4cccc(C#N)c4)C3)c2)CC1. The highest BCUT2D eigenvalue weighted by Crippen LogP contribution is 2.30. The minimum absolute atomic E-state index is 0.0501. The summed E-state index contributed by atoms with van der Waals surface area (Å²) >= 11 is 0. The maximum absolute atomic E-state index is 9.16. The van der Waals surface area contributed by atoms with Crippen LogP contribution < -0.4 is 9.64 Å². The van der Waals surface area contributed by atoms with E-state index in [1.54, 1.807) is 0 Å². The Labute approximate surface area is 173 Å². The van der Waals surface area contributed by atoms with Crippen LogP contribution in [0.15, 0.2) is 42.7 Å². The van der Waals surface area contributed by atoms with E-state index < -0.39 is 0 Å². The van der Waals surface area contributed by atoms with Gasteiger partial charge in [-0.05, 0) is 42.4 Å². The van der Waals surface area contributed by atoms with Gasteiger partial charge in [0, 0.05) is 19.2 Å². The first-order valence-electron chi connectivity index (χ1n) is 10.7. The molecule has 152 valence electrons. The van der Waals surface area contributed by atoms with Crippen LogP contribution in [0, 0.1) is 23.2 Å². The number of rotatable bonds is 5. The predicted octanol–water partition coefficient (Wildman–Crippen LogP) is 4.74. The van der Waals surface area contributed by atoms with Gasteiger partial charge in [0.15, 0.2) is 0 Å². The highest BCUT2D eigenvalue weighted by atomic mass is 16.5. The molecule has 1 aromatic carbocycles. The summed E-state index contributed by atoms with van der Waals surface area (Å²) in [5, 5.41) is 9.16. The molecule has 2 heterocycles. The van der Waals surface area contributed by atoms with Gasteiger partial charge in [0.1, 0.15) is 11.9 Å². The fraction of sp³-hybridized carbons (Fsp3) is 0.500. The fourth-order valence-electron chi connectivity index (χ4n) is 4.26. The summed E-state index contributed by atoms with van der Waals surface area (Å²) in [5.41, 5.74) is 2.77. The quantitative estimate of drug-likeness (QED) is 0.737. The molecule has 1 aromatic heterocycles. The van der Waals surface area contributed by atoms with E-state index in [4.69, 9.17) is 14.7 Å². The van der Waals surface area contributed by atoms with Crippen molar-refractivity contribution in [1.82, 2.24) is 4.98 Å². The van der Waals surface area contributed by atoms with E-state index in [1.807, 2.05) is 36.7 Å². The summed E-state index contributed by atoms with van der Waals surface area (Å²) in [6, 6.07) is 12.0. The number of anilines is 1. The monoisotopic (exact) mass is 391 g/mol. The lowest BCUT2D eigenvalue weighted by Crippen LogP contribution is -2.38. The van der Waals surface area contributed by atoms with Crippen molar-refractivity contribution in [1.29, 1.82) is 5.26 Å². The number of morpholine rings is 1. The molecule has 5 heteroatoms. The second-order valence-corrected chi connectivity index (χ2v) is 8.36. The molecule has 2 aliphatic rings. The minimum Gasteiger partial charge on any atom is -0.492 e. The molecular weight excluding hydrogens is 362 g/mol. The molecule has 2 fully saturated rings. The molecule has 1 unspecified atom stereocenters. The zero-order chi connectivity index (χ0) is 20.1. The molecular formula is C24H29N3O2. The van der Waals surface area contributed by atoms with Crippen LogP contribution in [0.2, 0.25) is 0 Å². The highest BCUT2D eigenvalue weighted by molar-refractivity contribution is 5.49. The first kappa shape index (κ1) is 19.7. The van der Waals surface area contributed by atoms with Crippen molar-refractivity contribution in [3.63, 3.8) is 0 Å². The minimum atomic E-state index is -0.0501. The van der Waals surface area contributed by atoms with Gasteiger partial charge in [0.25, 0.3) is 0 Å². The standard InChI is InChI=1S/C24H29N3O2/c1-18-5-7-19(8-6-18)17-29-23-12-22(14-26-15-23)27-9-10-28-24(16-27)21-4-2-3-20(11-21)13-25/h2-4,11-12,14-15,18-19,24H,5-10,16-17H2,1H3/t18-,19-,24?. The van der Waals surface area contributed by atoms with Crippen LogP contribution in [0.1, 0.15) is 49.8 Å². The molecule has 0 amide bonds. The number of ether oxygens (including phenoxy) is 2. The Balaban J connectivity index is 1.39. The maximum atomic E-state index is 9.16. The Morgan fingerprint density at radius 3 is 2.90 bits per heavy atom. The summed E-state index contributed by atoms with van der Waals surface area (Å²) in [7, 11) is 0. The van der Waals surface area contributed by atoms with E-state index in [9.17, 15) is 0 Å². The van der Waals surface area contributed by atoms with Crippen LogP contribution in [0.5, 0.6) is 5.75 Å². The van der Waals surface area contributed by atoms with Crippen molar-refractivity contribution in [3.8, 4) is 11.8 Å². The first-order chi connectivity index (χ1) is 14.2. The molecule has 0 N–H and O–H groups in total. The molecule has 1 atom stereocenters. The van der Waals surface area contributed by atoms with Crippen molar-refractivity contribution in [2.24, 2.45) is 11.8 Å². The molecule has 0 spiro atoms. The molecule has 4 rings (SSSR count). The summed E-state index contributed by atoms with van der Waals surface area (Å²) in [5.74, 6) is 2.37. The van der Waals surface area contributed by atoms with Gasteiger partial charge in [-0.1, -0.05) is 31.9 Å². The van der Waals surface area contributed by atoms with Gasteiger partial charge < -0.3 is 14.4 Å². The predicted molar refractivity (Wildman–Crippen MR) is 113 cm³/mol. The van der Waals surface area contributed by atoms with Crippen LogP contribution in [0.4, 0.5) is 5.69 Å². The molecule has 1 saturated heterocycles. The highest BCUT2D eigenvalue weighted by Gasteiger charge is 2.23. The molecule has 29 heavy (non-hydrogen) atoms. The van der Waals surface area contributed by atoms with Gasteiger partial charge in [-0.25, -0.2) is 0 Å². The molecule has 2 aromatic rings. The van der Waals surface area contributed by atoms with Gasteiger partial charge in [-0.2, -0.15) is 5.26 Å². The zero-order valence-corrected chi connectivity index (χ0v) is 17.1. The van der Waals surface area contributed by atoms with Crippen molar-refractivity contribution < 1.29 is 9.47 Å². The van der Waals surface area contributed by atoms with Gasteiger partial charge in [-0.15, -0.1) is 0 Å². The number of benzene rings is 1. The van der Waals surface area contributed by atoms with Crippen molar-refractivity contribution in [3.05, 3.63) is 53.9 Å². The van der Waals surface area contributed by atoms with Crippen molar-refractivity contribution in [2.45, 2.75) is 38.7 Å². The molecule has 5 nitrogen and oxygen atoms in total. The summed E-state index contributed by atoms with van der Waals surface area (Å²) in [6.07, 6.45) is 8.81. The van der Waals surface area contributed by atoms with Crippen LogP contribution >= 0.6 is 0 Å². The van der Waals surface area contributed by atoms with E-state index in [2.05, 4.69) is 28.9 Å². The Hall–Kier alpha value is -2.58. The van der Waals surface area contributed by atoms with Crippen LogP contribution in [0.3, 0.4) is 0 Å². The average molecular weight is 392 g/mol. The van der Waals surface area contributed by atoms with Gasteiger partial charge >= 0.3 is 0 Å². The third-order valence-electron chi connectivity index (χ3n) is 6.14. The Bertz CT molecular complexity index is 855. The lowest BCUT2D eigenvalue weighted by Gasteiger charge is -2.34. The largest absolute Gasteiger partial charge is 0.492 e. The summed E-state index contributed by atoms with van der Waals surface area (Å²) < 4.78 is 12.1. The number of nitrogens with zero attached hydrogens (tertiary/aromatic N) is 3. The number of nitriles is 1. The van der Waals surface area contributed by atoms with Crippen molar-refractivity contribution >= 4 is 5.69 Å². The number of hydrogen-bond acceptors (Lipinski definition) is 5. The molecule has 0 radical (unpaired) electrons. The van der Waals surface area contributed by atoms with Crippen LogP contribution in [0.25, 0.3) is 0 Å². The Morgan fingerprint density at radius 2 is 2.07 bits per heavy atom. The topological polar surface area (TPSA) is 58.4 Å². The average Bonchev–Trinajstić information content (AvgIpc) is 2.79. The second-order valence-electron chi connectivity index (χ2n) is 8.36. The van der Waals surface area contributed by atoms with Gasteiger partial charge in [0.2, 0.25) is 0 Å². The third-order valence-corrected chi connectivity index (χ3v) is 6.14. The summed E-state index contributed by atoms with van der Waals surface area (Å²) in [6.45, 7) is 5.33. The molecule has 1 aliphatic carbocycles. The maximum Gasteiger partial charge on any atom is 0.139 e. The smallest absolute Gasteiger partial charge is 0.139 e. The number of aromatic nitrogens is 1. The van der Waals surface area contributed by atoms with E-state index in [0.29, 0.717) is 18.1 Å². The van der Waals surface area contributed by atoms with E-state index in [1.165, 1.54) is 25.7 Å². The number of hydrogen-bond donors (Lipinski definition) is 0. The number of pyridine rings is 1. The van der Waals surface area contributed by atoms with E-state index in [0.717, 1.165) is 42.6 Å². The first-order valence-corrected chi connectivity index (χ1v) is 10.7. The van der Waals surface area contributed by atoms with Crippen LogP contribution in [-0.4, -0.2) is 31.3 Å². The lowest BCUT2D eigenvalue weighted by atomic mass is 9.83. The third kappa shape index (κ3) is 5.07. The summed E-state index contributed by atoms with van der Waals surface area (Å²) in [4.78, 5) is 6.70.